The second-order valence-corrected chi connectivity index (χ2v) is 7.32. The average molecular weight is 306 g/mol. The molecule has 2 aromatic rings. The van der Waals surface area contributed by atoms with Gasteiger partial charge in [0.05, 0.1) is 0 Å². The van der Waals surface area contributed by atoms with Gasteiger partial charge in [-0.1, -0.05) is 69.5 Å². The van der Waals surface area contributed by atoms with Crippen molar-refractivity contribution in [2.75, 3.05) is 0 Å². The summed E-state index contributed by atoms with van der Waals surface area (Å²) < 4.78 is 0. The van der Waals surface area contributed by atoms with Gasteiger partial charge in [0.2, 0.25) is 0 Å². The van der Waals surface area contributed by atoms with Crippen LogP contribution < -0.4 is 0 Å². The maximum atomic E-state index is 2.46. The second kappa shape index (κ2) is 7.81. The third-order valence-corrected chi connectivity index (χ3v) is 5.27. The Hall–Kier alpha value is -1.56. The van der Waals surface area contributed by atoms with Crippen molar-refractivity contribution in [3.63, 3.8) is 0 Å². The molecular formula is C23H30. The van der Waals surface area contributed by atoms with Gasteiger partial charge in [0.25, 0.3) is 0 Å². The molecule has 0 spiro atoms. The Bertz CT molecular complexity index is 677. The molecule has 0 saturated heterocycles. The molecule has 0 nitrogen and oxygen atoms in total. The molecule has 2 aromatic carbocycles. The predicted octanol–water partition coefficient (Wildman–Crippen LogP) is 7.17. The largest absolute Gasteiger partial charge is 0.0805 e. The maximum Gasteiger partial charge on any atom is -0.0178 e. The summed E-state index contributed by atoms with van der Waals surface area (Å²) in [4.78, 5) is 0. The summed E-state index contributed by atoms with van der Waals surface area (Å²) in [6.45, 7) is 4.63. The standard InChI is InChI=1S/C23H30/c1-3-4-5-6-7-19-10-13-23-17-22(15-14-21(23)16-19)20-11-8-18(2)9-12-20/h10-11,13-18H,3-9,12H2,1-2H3. The van der Waals surface area contributed by atoms with E-state index in [1.54, 1.807) is 5.57 Å². The smallest absolute Gasteiger partial charge is 0.0178 e. The summed E-state index contributed by atoms with van der Waals surface area (Å²) in [5, 5.41) is 2.78. The highest BCUT2D eigenvalue weighted by molar-refractivity contribution is 5.87. The summed E-state index contributed by atoms with van der Waals surface area (Å²) >= 11 is 0. The maximum absolute atomic E-state index is 2.46. The van der Waals surface area contributed by atoms with Gasteiger partial charge >= 0.3 is 0 Å². The van der Waals surface area contributed by atoms with Gasteiger partial charge in [-0.2, -0.15) is 0 Å². The van der Waals surface area contributed by atoms with E-state index >= 15 is 0 Å². The normalized spacial score (nSPS) is 18.2. The lowest BCUT2D eigenvalue weighted by Gasteiger charge is -2.18. The fourth-order valence-electron chi connectivity index (χ4n) is 3.63. The van der Waals surface area contributed by atoms with Gasteiger partial charge < -0.3 is 0 Å². The highest BCUT2D eigenvalue weighted by Crippen LogP contribution is 2.31. The van der Waals surface area contributed by atoms with Crippen molar-refractivity contribution in [2.45, 2.75) is 65.2 Å². The zero-order valence-corrected chi connectivity index (χ0v) is 14.8. The number of allylic oxidation sites excluding steroid dienone is 2. The molecule has 122 valence electrons. The van der Waals surface area contributed by atoms with Gasteiger partial charge in [0, 0.05) is 0 Å². The van der Waals surface area contributed by atoms with Crippen molar-refractivity contribution in [2.24, 2.45) is 5.92 Å². The first-order chi connectivity index (χ1) is 11.3. The molecule has 0 heterocycles. The van der Waals surface area contributed by atoms with Gasteiger partial charge in [0.15, 0.2) is 0 Å². The molecule has 1 aliphatic rings. The molecule has 23 heavy (non-hydrogen) atoms. The van der Waals surface area contributed by atoms with Crippen LogP contribution >= 0.6 is 0 Å². The van der Waals surface area contributed by atoms with Crippen molar-refractivity contribution in [3.05, 3.63) is 53.6 Å². The molecule has 0 aromatic heterocycles. The van der Waals surface area contributed by atoms with E-state index in [0.29, 0.717) is 0 Å². The Labute approximate surface area is 141 Å². The van der Waals surface area contributed by atoms with Crippen LogP contribution in [-0.2, 0) is 6.42 Å². The lowest BCUT2D eigenvalue weighted by Crippen LogP contribution is -2.00. The lowest BCUT2D eigenvalue weighted by molar-refractivity contribution is 0.534. The van der Waals surface area contributed by atoms with Crippen LogP contribution in [0.1, 0.15) is 69.9 Å². The van der Waals surface area contributed by atoms with Gasteiger partial charge in [-0.3, -0.25) is 0 Å². The van der Waals surface area contributed by atoms with Crippen molar-refractivity contribution in [3.8, 4) is 0 Å². The number of benzene rings is 2. The van der Waals surface area contributed by atoms with Crippen LogP contribution in [0.2, 0.25) is 0 Å². The second-order valence-electron chi connectivity index (χ2n) is 7.32. The Kier molecular flexibility index (Phi) is 5.54. The number of aryl methyl sites for hydroxylation is 1. The van der Waals surface area contributed by atoms with Crippen LogP contribution in [0.4, 0.5) is 0 Å². The molecule has 0 fully saturated rings. The summed E-state index contributed by atoms with van der Waals surface area (Å²) in [7, 11) is 0. The zero-order chi connectivity index (χ0) is 16.1. The quantitative estimate of drug-likeness (QED) is 0.496. The Balaban J connectivity index is 1.74. The van der Waals surface area contributed by atoms with E-state index in [9.17, 15) is 0 Å². The van der Waals surface area contributed by atoms with E-state index in [-0.39, 0.29) is 0 Å². The minimum atomic E-state index is 0.856. The summed E-state index contributed by atoms with van der Waals surface area (Å²) in [5.41, 5.74) is 4.47. The minimum absolute atomic E-state index is 0.856. The number of rotatable bonds is 6. The predicted molar refractivity (Wildman–Crippen MR) is 103 cm³/mol. The molecule has 1 aliphatic carbocycles. The van der Waals surface area contributed by atoms with Gasteiger partial charge in [0.1, 0.15) is 0 Å². The number of hydrogen-bond acceptors (Lipinski definition) is 0. The van der Waals surface area contributed by atoms with Crippen LogP contribution in [0.3, 0.4) is 0 Å². The van der Waals surface area contributed by atoms with E-state index in [2.05, 4.69) is 56.3 Å². The first-order valence-electron chi connectivity index (χ1n) is 9.48. The van der Waals surface area contributed by atoms with Crippen molar-refractivity contribution < 1.29 is 0 Å². The molecule has 0 amide bonds. The molecule has 0 heteroatoms. The van der Waals surface area contributed by atoms with Gasteiger partial charge in [-0.05, 0) is 71.6 Å². The monoisotopic (exact) mass is 306 g/mol. The average Bonchev–Trinajstić information content (AvgIpc) is 2.59. The fourth-order valence-corrected chi connectivity index (χ4v) is 3.63. The van der Waals surface area contributed by atoms with Crippen molar-refractivity contribution in [1.29, 1.82) is 0 Å². The van der Waals surface area contributed by atoms with E-state index in [1.165, 1.54) is 73.3 Å². The zero-order valence-electron chi connectivity index (χ0n) is 14.8. The summed E-state index contributed by atoms with van der Waals surface area (Å²) in [6, 6.07) is 14.1. The first-order valence-corrected chi connectivity index (χ1v) is 9.48. The SMILES string of the molecule is CCCCCCc1ccc2cc(C3=CCC(C)CC3)ccc2c1. The number of hydrogen-bond donors (Lipinski definition) is 0. The van der Waals surface area contributed by atoms with E-state index in [1.807, 2.05) is 0 Å². The van der Waals surface area contributed by atoms with Crippen LogP contribution in [-0.4, -0.2) is 0 Å². The van der Waals surface area contributed by atoms with Crippen LogP contribution in [0.25, 0.3) is 16.3 Å². The molecule has 0 radical (unpaired) electrons. The summed E-state index contributed by atoms with van der Waals surface area (Å²) in [5.74, 6) is 0.856. The molecule has 0 bridgehead atoms. The highest BCUT2D eigenvalue weighted by atomic mass is 14.2. The molecule has 3 rings (SSSR count). The first kappa shape index (κ1) is 16.3. The van der Waals surface area contributed by atoms with Crippen LogP contribution in [0.5, 0.6) is 0 Å². The van der Waals surface area contributed by atoms with Crippen molar-refractivity contribution in [1.82, 2.24) is 0 Å². The topological polar surface area (TPSA) is 0 Å². The molecule has 0 aliphatic heterocycles. The number of fused-ring (bicyclic) bond motifs is 1. The third-order valence-electron chi connectivity index (χ3n) is 5.27. The third kappa shape index (κ3) is 4.25. The highest BCUT2D eigenvalue weighted by Gasteiger charge is 2.11. The molecule has 0 saturated carbocycles. The van der Waals surface area contributed by atoms with E-state index < -0.39 is 0 Å². The molecule has 1 atom stereocenters. The van der Waals surface area contributed by atoms with E-state index in [4.69, 9.17) is 0 Å². The minimum Gasteiger partial charge on any atom is -0.0805 e. The van der Waals surface area contributed by atoms with Gasteiger partial charge in [-0.25, -0.2) is 0 Å². The molecule has 0 N–H and O–H groups in total. The Morgan fingerprint density at radius 2 is 1.78 bits per heavy atom. The van der Waals surface area contributed by atoms with Crippen molar-refractivity contribution >= 4 is 16.3 Å². The fraction of sp³-hybridized carbons (Fsp3) is 0.478. The van der Waals surface area contributed by atoms with E-state index in [0.717, 1.165) is 5.92 Å². The Morgan fingerprint density at radius 1 is 0.957 bits per heavy atom. The summed E-state index contributed by atoms with van der Waals surface area (Å²) in [6.07, 6.45) is 12.9. The lowest BCUT2D eigenvalue weighted by atomic mass is 9.87. The van der Waals surface area contributed by atoms with Crippen LogP contribution in [0.15, 0.2) is 42.5 Å². The Morgan fingerprint density at radius 3 is 2.57 bits per heavy atom. The molecule has 1 unspecified atom stereocenters. The molecular weight excluding hydrogens is 276 g/mol. The van der Waals surface area contributed by atoms with Crippen LogP contribution in [0, 0.1) is 5.92 Å². The van der Waals surface area contributed by atoms with Gasteiger partial charge in [-0.15, -0.1) is 0 Å². The number of unbranched alkanes of at least 4 members (excludes halogenated alkanes) is 3.